The van der Waals surface area contributed by atoms with E-state index >= 15 is 0 Å². The fraction of sp³-hybridized carbons (Fsp3) is 0.929. The van der Waals surface area contributed by atoms with Crippen molar-refractivity contribution in [3.8, 4) is 0 Å². The highest BCUT2D eigenvalue weighted by Crippen LogP contribution is 2.23. The van der Waals surface area contributed by atoms with Crippen molar-refractivity contribution in [1.29, 1.82) is 0 Å². The van der Waals surface area contributed by atoms with Crippen LogP contribution in [0, 0.1) is 5.41 Å². The van der Waals surface area contributed by atoms with Crippen LogP contribution in [0.4, 0.5) is 4.79 Å². The van der Waals surface area contributed by atoms with E-state index < -0.39 is 5.60 Å². The molecule has 0 unspecified atom stereocenters. The van der Waals surface area contributed by atoms with Crippen LogP contribution in [-0.4, -0.2) is 17.7 Å². The number of amides is 1. The van der Waals surface area contributed by atoms with Gasteiger partial charge in [0.1, 0.15) is 5.60 Å². The Bertz CT molecular complexity index is 236. The summed E-state index contributed by atoms with van der Waals surface area (Å²) in [4.78, 5) is 11.7. The molecule has 0 fully saturated rings. The molecule has 0 heterocycles. The van der Waals surface area contributed by atoms with Crippen molar-refractivity contribution in [2.75, 3.05) is 0 Å². The number of hydrogen-bond donors (Lipinski definition) is 1. The second-order valence-corrected chi connectivity index (χ2v) is 6.90. The standard InChI is InChI=1S/C14H29NO2/c1-8-9-11(10-13(2,3)4)15-12(16)17-14(5,6)7/h11H,8-10H2,1-7H3,(H,15,16)/t11-/m1/s1. The van der Waals surface area contributed by atoms with Crippen molar-refractivity contribution in [3.05, 3.63) is 0 Å². The molecule has 17 heavy (non-hydrogen) atoms. The minimum absolute atomic E-state index is 0.204. The maximum absolute atomic E-state index is 11.7. The van der Waals surface area contributed by atoms with E-state index in [0.717, 1.165) is 19.3 Å². The maximum atomic E-state index is 11.7. The molecule has 102 valence electrons. The lowest BCUT2D eigenvalue weighted by atomic mass is 9.86. The van der Waals surface area contributed by atoms with E-state index in [2.05, 4.69) is 33.0 Å². The Morgan fingerprint density at radius 3 is 2.06 bits per heavy atom. The quantitative estimate of drug-likeness (QED) is 0.806. The van der Waals surface area contributed by atoms with Gasteiger partial charge in [-0.15, -0.1) is 0 Å². The Kier molecular flexibility index (Phi) is 6.00. The molecule has 0 radical (unpaired) electrons. The molecule has 0 bridgehead atoms. The van der Waals surface area contributed by atoms with Crippen LogP contribution in [0.15, 0.2) is 0 Å². The van der Waals surface area contributed by atoms with E-state index in [1.54, 1.807) is 0 Å². The van der Waals surface area contributed by atoms with E-state index in [0.29, 0.717) is 0 Å². The van der Waals surface area contributed by atoms with Crippen LogP contribution < -0.4 is 5.32 Å². The Morgan fingerprint density at radius 1 is 1.18 bits per heavy atom. The van der Waals surface area contributed by atoms with Crippen molar-refractivity contribution < 1.29 is 9.53 Å². The molecule has 0 aromatic rings. The molecular formula is C14H29NO2. The van der Waals surface area contributed by atoms with Crippen LogP contribution in [-0.2, 0) is 4.74 Å². The van der Waals surface area contributed by atoms with Gasteiger partial charge in [-0.2, -0.15) is 0 Å². The lowest BCUT2D eigenvalue weighted by molar-refractivity contribution is 0.0489. The molecule has 1 N–H and O–H groups in total. The predicted octanol–water partition coefficient (Wildman–Crippen LogP) is 4.12. The van der Waals surface area contributed by atoms with E-state index in [4.69, 9.17) is 4.74 Å². The molecular weight excluding hydrogens is 214 g/mol. The summed E-state index contributed by atoms with van der Waals surface area (Å²) in [5, 5.41) is 2.97. The lowest BCUT2D eigenvalue weighted by Gasteiger charge is -2.28. The molecule has 3 heteroatoms. The monoisotopic (exact) mass is 243 g/mol. The third kappa shape index (κ3) is 10.2. The number of rotatable bonds is 4. The molecule has 0 aliphatic rings. The SMILES string of the molecule is CCC[C@H](CC(C)(C)C)NC(=O)OC(C)(C)C. The van der Waals surface area contributed by atoms with Gasteiger partial charge in [-0.05, 0) is 39.0 Å². The highest BCUT2D eigenvalue weighted by atomic mass is 16.6. The van der Waals surface area contributed by atoms with Crippen molar-refractivity contribution in [3.63, 3.8) is 0 Å². The topological polar surface area (TPSA) is 38.3 Å². The van der Waals surface area contributed by atoms with E-state index in [-0.39, 0.29) is 17.6 Å². The predicted molar refractivity (Wildman–Crippen MR) is 72.1 cm³/mol. The summed E-state index contributed by atoms with van der Waals surface area (Å²) in [7, 11) is 0. The van der Waals surface area contributed by atoms with Crippen molar-refractivity contribution >= 4 is 6.09 Å². The van der Waals surface area contributed by atoms with Gasteiger partial charge < -0.3 is 10.1 Å². The first-order valence-electron chi connectivity index (χ1n) is 6.53. The third-order valence-corrected chi connectivity index (χ3v) is 2.22. The number of ether oxygens (including phenoxy) is 1. The highest BCUT2D eigenvalue weighted by molar-refractivity contribution is 5.68. The van der Waals surface area contributed by atoms with E-state index in [1.807, 2.05) is 20.8 Å². The zero-order valence-electron chi connectivity index (χ0n) is 12.5. The number of nitrogens with one attached hydrogen (secondary N) is 1. The van der Waals surface area contributed by atoms with Crippen molar-refractivity contribution in [2.24, 2.45) is 5.41 Å². The number of carbonyl (C=O) groups excluding carboxylic acids is 1. The lowest BCUT2D eigenvalue weighted by Crippen LogP contribution is -2.40. The fourth-order valence-corrected chi connectivity index (χ4v) is 1.79. The van der Waals surface area contributed by atoms with Crippen LogP contribution >= 0.6 is 0 Å². The first-order chi connectivity index (χ1) is 7.53. The van der Waals surface area contributed by atoms with Gasteiger partial charge in [-0.3, -0.25) is 0 Å². The van der Waals surface area contributed by atoms with Crippen LogP contribution in [0.3, 0.4) is 0 Å². The van der Waals surface area contributed by atoms with Crippen molar-refractivity contribution in [1.82, 2.24) is 5.32 Å². The Labute approximate surface area is 106 Å². The molecule has 0 saturated carbocycles. The van der Waals surface area contributed by atoms with Gasteiger partial charge in [0.2, 0.25) is 0 Å². The normalized spacial score (nSPS) is 14.3. The van der Waals surface area contributed by atoms with Gasteiger partial charge in [-0.25, -0.2) is 4.79 Å². The summed E-state index contributed by atoms with van der Waals surface area (Å²) >= 11 is 0. The highest BCUT2D eigenvalue weighted by Gasteiger charge is 2.22. The van der Waals surface area contributed by atoms with Gasteiger partial charge >= 0.3 is 6.09 Å². The molecule has 0 aliphatic carbocycles. The van der Waals surface area contributed by atoms with Gasteiger partial charge in [-0.1, -0.05) is 34.1 Å². The molecule has 1 atom stereocenters. The Morgan fingerprint density at radius 2 is 1.71 bits per heavy atom. The van der Waals surface area contributed by atoms with Crippen LogP contribution in [0.25, 0.3) is 0 Å². The van der Waals surface area contributed by atoms with Gasteiger partial charge in [0, 0.05) is 6.04 Å². The molecule has 0 spiro atoms. The molecule has 0 rings (SSSR count). The zero-order valence-corrected chi connectivity index (χ0v) is 12.5. The van der Waals surface area contributed by atoms with Crippen LogP contribution in [0.1, 0.15) is 67.7 Å². The summed E-state index contributed by atoms with van der Waals surface area (Å²) in [6.07, 6.45) is 2.73. The second-order valence-electron chi connectivity index (χ2n) is 6.90. The van der Waals surface area contributed by atoms with E-state index in [1.165, 1.54) is 0 Å². The molecule has 0 aromatic carbocycles. The summed E-state index contributed by atoms with van der Waals surface area (Å²) in [6, 6.07) is 0.204. The summed E-state index contributed by atoms with van der Waals surface area (Å²) in [5.41, 5.74) is -0.211. The molecule has 0 aromatic heterocycles. The summed E-state index contributed by atoms with van der Waals surface area (Å²) in [5.74, 6) is 0. The number of carbonyl (C=O) groups is 1. The molecule has 0 aliphatic heterocycles. The summed E-state index contributed by atoms with van der Waals surface area (Å²) in [6.45, 7) is 14.3. The Hall–Kier alpha value is -0.730. The van der Waals surface area contributed by atoms with Gasteiger partial charge in [0.05, 0.1) is 0 Å². The Balaban J connectivity index is 4.30. The number of hydrogen-bond acceptors (Lipinski definition) is 2. The van der Waals surface area contributed by atoms with Gasteiger partial charge in [0.25, 0.3) is 0 Å². The molecule has 1 amide bonds. The maximum Gasteiger partial charge on any atom is 0.407 e. The third-order valence-electron chi connectivity index (χ3n) is 2.22. The smallest absolute Gasteiger partial charge is 0.407 e. The number of alkyl carbamates (subject to hydrolysis) is 1. The second kappa shape index (κ2) is 6.27. The minimum Gasteiger partial charge on any atom is -0.444 e. The summed E-state index contributed by atoms with van der Waals surface area (Å²) < 4.78 is 5.28. The minimum atomic E-state index is -0.428. The average molecular weight is 243 g/mol. The zero-order chi connectivity index (χ0) is 13.7. The average Bonchev–Trinajstić information content (AvgIpc) is 1.95. The molecule has 0 saturated heterocycles. The molecule has 3 nitrogen and oxygen atoms in total. The van der Waals surface area contributed by atoms with Crippen LogP contribution in [0.5, 0.6) is 0 Å². The first kappa shape index (κ1) is 16.3. The fourth-order valence-electron chi connectivity index (χ4n) is 1.79. The van der Waals surface area contributed by atoms with Gasteiger partial charge in [0.15, 0.2) is 0 Å². The van der Waals surface area contributed by atoms with Crippen molar-refractivity contribution in [2.45, 2.75) is 79.4 Å². The largest absolute Gasteiger partial charge is 0.444 e. The first-order valence-corrected chi connectivity index (χ1v) is 6.53. The van der Waals surface area contributed by atoms with Crippen LogP contribution in [0.2, 0.25) is 0 Å². The van der Waals surface area contributed by atoms with E-state index in [9.17, 15) is 4.79 Å².